The van der Waals surface area contributed by atoms with E-state index >= 15 is 0 Å². The van der Waals surface area contributed by atoms with Crippen molar-refractivity contribution in [1.82, 2.24) is 0 Å². The summed E-state index contributed by atoms with van der Waals surface area (Å²) in [5, 5.41) is 12.2. The van der Waals surface area contributed by atoms with Gasteiger partial charge in [-0.05, 0) is 48.9 Å². The number of esters is 1. The zero-order valence-corrected chi connectivity index (χ0v) is 14.0. The van der Waals surface area contributed by atoms with Crippen LogP contribution >= 0.6 is 0 Å². The Morgan fingerprint density at radius 2 is 1.76 bits per heavy atom. The quantitative estimate of drug-likeness (QED) is 0.612. The van der Waals surface area contributed by atoms with Crippen LogP contribution in [0.2, 0.25) is 0 Å². The molecule has 2 aliphatic rings. The zero-order valence-electron chi connectivity index (χ0n) is 14.0. The molecule has 4 atom stereocenters. The molecule has 2 bridgehead atoms. The molecule has 0 aliphatic heterocycles. The van der Waals surface area contributed by atoms with E-state index in [4.69, 9.17) is 4.74 Å². The third-order valence-electron chi connectivity index (χ3n) is 4.87. The van der Waals surface area contributed by atoms with E-state index in [1.54, 1.807) is 24.3 Å². The van der Waals surface area contributed by atoms with Gasteiger partial charge in [0.1, 0.15) is 0 Å². The van der Waals surface area contributed by atoms with Crippen LogP contribution in [0.3, 0.4) is 0 Å². The maximum Gasteiger partial charge on any atom is 0.338 e. The molecule has 6 nitrogen and oxygen atoms in total. The summed E-state index contributed by atoms with van der Waals surface area (Å²) in [6.45, 7) is 2.28. The number of hydrogen-bond acceptors (Lipinski definition) is 4. The van der Waals surface area contributed by atoms with Gasteiger partial charge in [-0.2, -0.15) is 0 Å². The van der Waals surface area contributed by atoms with Gasteiger partial charge >= 0.3 is 11.9 Å². The number of fused-ring (bicyclic) bond motifs is 2. The number of rotatable bonds is 6. The van der Waals surface area contributed by atoms with E-state index < -0.39 is 23.8 Å². The Bertz CT molecular complexity index is 709. The monoisotopic (exact) mass is 343 g/mol. The van der Waals surface area contributed by atoms with Crippen molar-refractivity contribution in [2.24, 2.45) is 23.7 Å². The SMILES string of the molecule is CCCOC(=O)c1ccc(NC(=O)[C@H]2[C@@H](C(=O)O)[C@H]3C=C[C@H]2C3)cc1. The Labute approximate surface area is 145 Å². The van der Waals surface area contributed by atoms with Crippen molar-refractivity contribution in [2.45, 2.75) is 19.8 Å². The van der Waals surface area contributed by atoms with Crippen molar-refractivity contribution in [3.63, 3.8) is 0 Å². The van der Waals surface area contributed by atoms with Gasteiger partial charge in [-0.15, -0.1) is 0 Å². The molecule has 1 aromatic carbocycles. The summed E-state index contributed by atoms with van der Waals surface area (Å²) >= 11 is 0. The van der Waals surface area contributed by atoms with Gasteiger partial charge in [0.25, 0.3) is 0 Å². The minimum atomic E-state index is -0.925. The Hall–Kier alpha value is -2.63. The first-order valence-corrected chi connectivity index (χ1v) is 8.50. The average Bonchev–Trinajstić information content (AvgIpc) is 3.21. The van der Waals surface area contributed by atoms with Crippen LogP contribution in [-0.4, -0.2) is 29.6 Å². The fourth-order valence-corrected chi connectivity index (χ4v) is 3.71. The number of carbonyl (C=O) groups excluding carboxylic acids is 2. The van der Waals surface area contributed by atoms with Gasteiger partial charge in [0, 0.05) is 5.69 Å². The third kappa shape index (κ3) is 3.43. The molecule has 0 radical (unpaired) electrons. The van der Waals surface area contributed by atoms with Crippen LogP contribution in [-0.2, 0) is 14.3 Å². The highest BCUT2D eigenvalue weighted by Crippen LogP contribution is 2.48. The molecule has 0 saturated heterocycles. The lowest BCUT2D eigenvalue weighted by Crippen LogP contribution is -2.36. The first-order chi connectivity index (χ1) is 12.0. The number of carboxylic acid groups (broad SMARTS) is 1. The number of carboxylic acids is 1. The molecular formula is C19H21NO5. The lowest BCUT2D eigenvalue weighted by atomic mass is 9.82. The number of amides is 1. The fraction of sp³-hybridized carbons (Fsp3) is 0.421. The third-order valence-corrected chi connectivity index (χ3v) is 4.87. The van der Waals surface area contributed by atoms with Crippen LogP contribution in [0.25, 0.3) is 0 Å². The highest BCUT2D eigenvalue weighted by Gasteiger charge is 2.51. The van der Waals surface area contributed by atoms with Crippen LogP contribution in [0.1, 0.15) is 30.1 Å². The summed E-state index contributed by atoms with van der Waals surface area (Å²) in [5.41, 5.74) is 0.950. The van der Waals surface area contributed by atoms with Crippen LogP contribution in [0.5, 0.6) is 0 Å². The molecule has 0 aromatic heterocycles. The molecule has 0 heterocycles. The fourth-order valence-electron chi connectivity index (χ4n) is 3.71. The molecule has 132 valence electrons. The molecule has 2 N–H and O–H groups in total. The predicted molar refractivity (Wildman–Crippen MR) is 91.0 cm³/mol. The summed E-state index contributed by atoms with van der Waals surface area (Å²) < 4.78 is 5.05. The first kappa shape index (κ1) is 17.2. The van der Waals surface area contributed by atoms with Gasteiger partial charge in [0.05, 0.1) is 24.0 Å². The topological polar surface area (TPSA) is 92.7 Å². The molecule has 1 saturated carbocycles. The zero-order chi connectivity index (χ0) is 18.0. The van der Waals surface area contributed by atoms with Crippen molar-refractivity contribution < 1.29 is 24.2 Å². The second kappa shape index (κ2) is 7.09. The minimum Gasteiger partial charge on any atom is -0.481 e. The van der Waals surface area contributed by atoms with Crippen LogP contribution in [0.15, 0.2) is 36.4 Å². The predicted octanol–water partition coefficient (Wildman–Crippen LogP) is 2.71. The number of allylic oxidation sites excluding steroid dienone is 2. The lowest BCUT2D eigenvalue weighted by molar-refractivity contribution is -0.146. The van der Waals surface area contributed by atoms with Gasteiger partial charge < -0.3 is 15.2 Å². The molecule has 1 fully saturated rings. The normalized spacial score (nSPS) is 26.4. The Balaban J connectivity index is 1.66. The lowest BCUT2D eigenvalue weighted by Gasteiger charge is -2.23. The standard InChI is InChI=1S/C19H21NO5/c1-2-9-25-19(24)11-5-7-14(8-6-11)20-17(21)15-12-3-4-13(10-12)16(15)18(22)23/h3-8,12-13,15-16H,2,9-10H2,1H3,(H,20,21)(H,22,23)/t12-,13-,15+,16-/m0/s1. The highest BCUT2D eigenvalue weighted by molar-refractivity contribution is 5.97. The van der Waals surface area contributed by atoms with Crippen molar-refractivity contribution >= 4 is 23.5 Å². The smallest absolute Gasteiger partial charge is 0.338 e. The maximum atomic E-state index is 12.6. The molecule has 3 rings (SSSR count). The van der Waals surface area contributed by atoms with Gasteiger partial charge in [-0.25, -0.2) is 4.79 Å². The van der Waals surface area contributed by atoms with E-state index in [9.17, 15) is 19.5 Å². The van der Waals surface area contributed by atoms with Crippen LogP contribution < -0.4 is 5.32 Å². The van der Waals surface area contributed by atoms with Crippen molar-refractivity contribution in [2.75, 3.05) is 11.9 Å². The number of nitrogens with one attached hydrogen (secondary N) is 1. The number of benzene rings is 1. The Morgan fingerprint density at radius 1 is 1.12 bits per heavy atom. The number of hydrogen-bond donors (Lipinski definition) is 2. The van der Waals surface area contributed by atoms with Crippen LogP contribution in [0, 0.1) is 23.7 Å². The second-order valence-electron chi connectivity index (χ2n) is 6.54. The molecular weight excluding hydrogens is 322 g/mol. The molecule has 0 spiro atoms. The van der Waals surface area contributed by atoms with Gasteiger partial charge in [-0.3, -0.25) is 9.59 Å². The van der Waals surface area contributed by atoms with Gasteiger partial charge in [0.15, 0.2) is 0 Å². The summed E-state index contributed by atoms with van der Waals surface area (Å²) in [5.74, 6) is -2.91. The van der Waals surface area contributed by atoms with Crippen molar-refractivity contribution in [3.8, 4) is 0 Å². The molecule has 1 aromatic rings. The first-order valence-electron chi connectivity index (χ1n) is 8.50. The Morgan fingerprint density at radius 3 is 2.36 bits per heavy atom. The number of aliphatic carboxylic acids is 1. The van der Waals surface area contributed by atoms with E-state index in [1.165, 1.54) is 0 Å². The average molecular weight is 343 g/mol. The summed E-state index contributed by atoms with van der Waals surface area (Å²) in [7, 11) is 0. The van der Waals surface area contributed by atoms with E-state index in [-0.39, 0.29) is 17.7 Å². The maximum absolute atomic E-state index is 12.6. The van der Waals surface area contributed by atoms with Crippen molar-refractivity contribution in [3.05, 3.63) is 42.0 Å². The molecule has 6 heteroatoms. The van der Waals surface area contributed by atoms with E-state index in [1.807, 2.05) is 19.1 Å². The van der Waals surface area contributed by atoms with Gasteiger partial charge in [0.2, 0.25) is 5.91 Å². The van der Waals surface area contributed by atoms with Crippen molar-refractivity contribution in [1.29, 1.82) is 0 Å². The summed E-state index contributed by atoms with van der Waals surface area (Å²) in [6, 6.07) is 6.42. The number of anilines is 1. The molecule has 1 amide bonds. The molecule has 2 aliphatic carbocycles. The number of carbonyl (C=O) groups is 3. The highest BCUT2D eigenvalue weighted by atomic mass is 16.5. The molecule has 25 heavy (non-hydrogen) atoms. The minimum absolute atomic E-state index is 0.0191. The van der Waals surface area contributed by atoms with E-state index in [0.717, 1.165) is 12.8 Å². The second-order valence-corrected chi connectivity index (χ2v) is 6.54. The molecule has 0 unspecified atom stereocenters. The van der Waals surface area contributed by atoms with Crippen LogP contribution in [0.4, 0.5) is 5.69 Å². The summed E-state index contributed by atoms with van der Waals surface area (Å²) in [4.78, 5) is 35.8. The Kier molecular flexibility index (Phi) is 4.88. The number of ether oxygens (including phenoxy) is 1. The largest absolute Gasteiger partial charge is 0.481 e. The van der Waals surface area contributed by atoms with Gasteiger partial charge in [-0.1, -0.05) is 19.1 Å². The van der Waals surface area contributed by atoms with E-state index in [2.05, 4.69) is 5.32 Å². The summed E-state index contributed by atoms with van der Waals surface area (Å²) in [6.07, 6.45) is 5.32. The van der Waals surface area contributed by atoms with E-state index in [0.29, 0.717) is 17.9 Å².